The Labute approximate surface area is 86.5 Å². The lowest BCUT2D eigenvalue weighted by Crippen LogP contribution is -2.39. The number of aliphatic hydroxyl groups is 1. The molecule has 0 saturated carbocycles. The van der Waals surface area contributed by atoms with Gasteiger partial charge in [-0.1, -0.05) is 0 Å². The molecule has 0 aliphatic carbocycles. The van der Waals surface area contributed by atoms with Crippen molar-refractivity contribution in [1.29, 1.82) is 0 Å². The zero-order valence-electron chi connectivity index (χ0n) is 8.91. The lowest BCUT2D eigenvalue weighted by atomic mass is 9.97. The fourth-order valence-electron chi connectivity index (χ4n) is 2.74. The Balaban J connectivity index is 1.77. The van der Waals surface area contributed by atoms with Gasteiger partial charge in [-0.05, 0) is 51.2 Å². The van der Waals surface area contributed by atoms with Gasteiger partial charge in [-0.3, -0.25) is 4.90 Å². The highest BCUT2D eigenvalue weighted by Gasteiger charge is 2.26. The van der Waals surface area contributed by atoms with E-state index in [1.54, 1.807) is 0 Å². The van der Waals surface area contributed by atoms with E-state index < -0.39 is 0 Å². The van der Waals surface area contributed by atoms with E-state index in [-0.39, 0.29) is 0 Å². The molecular weight excluding hydrogens is 176 g/mol. The second kappa shape index (κ2) is 5.10. The summed E-state index contributed by atoms with van der Waals surface area (Å²) in [6, 6.07) is 0.463. The van der Waals surface area contributed by atoms with Crippen LogP contribution < -0.4 is 5.32 Å². The maximum atomic E-state index is 9.21. The minimum atomic E-state index is 0.352. The molecule has 0 aromatic carbocycles. The number of nitrogens with one attached hydrogen (secondary N) is 1. The summed E-state index contributed by atoms with van der Waals surface area (Å²) in [6.45, 7) is 5.14. The normalized spacial score (nSPS) is 31.1. The smallest absolute Gasteiger partial charge is 0.0586 e. The van der Waals surface area contributed by atoms with Gasteiger partial charge in [0.25, 0.3) is 0 Å². The molecule has 0 spiro atoms. The van der Waals surface area contributed by atoms with Crippen LogP contribution in [-0.4, -0.2) is 48.8 Å². The third kappa shape index (κ3) is 2.47. The van der Waals surface area contributed by atoms with E-state index in [1.165, 1.54) is 51.9 Å². The van der Waals surface area contributed by atoms with Crippen molar-refractivity contribution in [2.45, 2.75) is 31.7 Å². The van der Waals surface area contributed by atoms with E-state index in [4.69, 9.17) is 0 Å². The molecular formula is C11H22N2O. The molecule has 2 saturated heterocycles. The van der Waals surface area contributed by atoms with Crippen molar-refractivity contribution in [1.82, 2.24) is 10.2 Å². The molecule has 2 heterocycles. The fraction of sp³-hybridized carbons (Fsp3) is 1.00. The van der Waals surface area contributed by atoms with Crippen LogP contribution in [0.1, 0.15) is 25.7 Å². The number of aliphatic hydroxyl groups excluding tert-OH is 1. The van der Waals surface area contributed by atoms with Crippen LogP contribution >= 0.6 is 0 Å². The Morgan fingerprint density at radius 2 is 2.00 bits per heavy atom. The van der Waals surface area contributed by atoms with Crippen molar-refractivity contribution in [2.75, 3.05) is 32.8 Å². The summed E-state index contributed by atoms with van der Waals surface area (Å²) in [5.41, 5.74) is 0. The highest BCUT2D eigenvalue weighted by molar-refractivity contribution is 4.81. The molecule has 0 unspecified atom stereocenters. The molecule has 2 fully saturated rings. The Morgan fingerprint density at radius 1 is 1.21 bits per heavy atom. The van der Waals surface area contributed by atoms with E-state index in [0.29, 0.717) is 12.6 Å². The second-order valence-corrected chi connectivity index (χ2v) is 4.67. The Kier molecular flexibility index (Phi) is 3.79. The minimum absolute atomic E-state index is 0.352. The average Bonchev–Trinajstić information content (AvgIpc) is 2.67. The first kappa shape index (κ1) is 10.4. The van der Waals surface area contributed by atoms with E-state index >= 15 is 0 Å². The first-order valence-electron chi connectivity index (χ1n) is 5.96. The van der Waals surface area contributed by atoms with Gasteiger partial charge in [-0.15, -0.1) is 0 Å². The average molecular weight is 198 g/mol. The van der Waals surface area contributed by atoms with Crippen LogP contribution in [0.3, 0.4) is 0 Å². The lowest BCUT2D eigenvalue weighted by Gasteiger charge is -2.30. The van der Waals surface area contributed by atoms with E-state index in [2.05, 4.69) is 10.2 Å². The topological polar surface area (TPSA) is 35.5 Å². The number of likely N-dealkylation sites (tertiary alicyclic amines) is 1. The summed E-state index contributed by atoms with van der Waals surface area (Å²) in [5.74, 6) is 0.864. The molecule has 3 nitrogen and oxygen atoms in total. The number of nitrogens with zero attached hydrogens (tertiary/aromatic N) is 1. The van der Waals surface area contributed by atoms with Gasteiger partial charge in [0.1, 0.15) is 0 Å². The number of piperidine rings is 1. The molecule has 0 radical (unpaired) electrons. The summed E-state index contributed by atoms with van der Waals surface area (Å²) in [5, 5.41) is 12.6. The van der Waals surface area contributed by atoms with Gasteiger partial charge in [0.15, 0.2) is 0 Å². The predicted molar refractivity (Wildman–Crippen MR) is 57.3 cm³/mol. The highest BCUT2D eigenvalue weighted by atomic mass is 16.3. The molecule has 0 amide bonds. The molecule has 2 aliphatic rings. The Morgan fingerprint density at radius 3 is 2.71 bits per heavy atom. The monoisotopic (exact) mass is 198 g/mol. The minimum Gasteiger partial charge on any atom is -0.395 e. The van der Waals surface area contributed by atoms with Crippen LogP contribution in [0, 0.1) is 5.92 Å². The predicted octanol–water partition coefficient (Wildman–Crippen LogP) is 0.443. The molecule has 0 aromatic heterocycles. The summed E-state index contributed by atoms with van der Waals surface area (Å²) in [4.78, 5) is 2.50. The summed E-state index contributed by atoms with van der Waals surface area (Å²) in [7, 11) is 0. The lowest BCUT2D eigenvalue weighted by molar-refractivity contribution is 0.133. The molecule has 2 aliphatic heterocycles. The van der Waals surface area contributed by atoms with Crippen LogP contribution in [0.4, 0.5) is 0 Å². The summed E-state index contributed by atoms with van der Waals surface area (Å²) >= 11 is 0. The molecule has 3 heteroatoms. The zero-order chi connectivity index (χ0) is 9.80. The van der Waals surface area contributed by atoms with Crippen LogP contribution in [0.2, 0.25) is 0 Å². The van der Waals surface area contributed by atoms with Crippen molar-refractivity contribution < 1.29 is 5.11 Å². The summed E-state index contributed by atoms with van der Waals surface area (Å²) in [6.07, 6.45) is 5.10. The largest absolute Gasteiger partial charge is 0.395 e. The van der Waals surface area contributed by atoms with Crippen molar-refractivity contribution >= 4 is 0 Å². The fourth-order valence-corrected chi connectivity index (χ4v) is 2.74. The van der Waals surface area contributed by atoms with Crippen molar-refractivity contribution in [3.05, 3.63) is 0 Å². The van der Waals surface area contributed by atoms with E-state index in [1.807, 2.05) is 0 Å². The van der Waals surface area contributed by atoms with E-state index in [9.17, 15) is 5.11 Å². The molecule has 0 aromatic rings. The third-order valence-electron chi connectivity index (χ3n) is 3.66. The van der Waals surface area contributed by atoms with E-state index in [0.717, 1.165) is 5.92 Å². The maximum Gasteiger partial charge on any atom is 0.0586 e. The van der Waals surface area contributed by atoms with Crippen molar-refractivity contribution in [3.63, 3.8) is 0 Å². The van der Waals surface area contributed by atoms with Gasteiger partial charge in [0, 0.05) is 12.6 Å². The van der Waals surface area contributed by atoms with Gasteiger partial charge in [0.05, 0.1) is 6.61 Å². The SMILES string of the molecule is OC[C@H]1CCCN1CC1CCNCC1. The van der Waals surface area contributed by atoms with Crippen molar-refractivity contribution in [3.8, 4) is 0 Å². The second-order valence-electron chi connectivity index (χ2n) is 4.67. The van der Waals surface area contributed by atoms with Crippen LogP contribution in [0.25, 0.3) is 0 Å². The summed E-state index contributed by atoms with van der Waals surface area (Å²) < 4.78 is 0. The van der Waals surface area contributed by atoms with Crippen LogP contribution in [0.5, 0.6) is 0 Å². The van der Waals surface area contributed by atoms with Crippen LogP contribution in [0.15, 0.2) is 0 Å². The number of hydrogen-bond acceptors (Lipinski definition) is 3. The standard InChI is InChI=1S/C11H22N2O/c14-9-11-2-1-7-13(11)8-10-3-5-12-6-4-10/h10-12,14H,1-9H2/t11-/m1/s1. The number of hydrogen-bond donors (Lipinski definition) is 2. The quantitative estimate of drug-likeness (QED) is 0.691. The van der Waals surface area contributed by atoms with Gasteiger partial charge < -0.3 is 10.4 Å². The van der Waals surface area contributed by atoms with Gasteiger partial charge in [-0.2, -0.15) is 0 Å². The molecule has 2 rings (SSSR count). The maximum absolute atomic E-state index is 9.21. The molecule has 1 atom stereocenters. The zero-order valence-corrected chi connectivity index (χ0v) is 8.91. The molecule has 14 heavy (non-hydrogen) atoms. The molecule has 82 valence electrons. The van der Waals surface area contributed by atoms with Crippen molar-refractivity contribution in [2.24, 2.45) is 5.92 Å². The Bertz CT molecular complexity index is 169. The van der Waals surface area contributed by atoms with Gasteiger partial charge in [0.2, 0.25) is 0 Å². The van der Waals surface area contributed by atoms with Crippen LogP contribution in [-0.2, 0) is 0 Å². The van der Waals surface area contributed by atoms with Gasteiger partial charge in [-0.25, -0.2) is 0 Å². The molecule has 0 bridgehead atoms. The third-order valence-corrected chi connectivity index (χ3v) is 3.66. The Hall–Kier alpha value is -0.120. The first-order valence-corrected chi connectivity index (χ1v) is 5.96. The highest BCUT2D eigenvalue weighted by Crippen LogP contribution is 2.21. The molecule has 2 N–H and O–H groups in total. The first-order chi connectivity index (χ1) is 6.90. The number of rotatable bonds is 3. The van der Waals surface area contributed by atoms with Gasteiger partial charge >= 0.3 is 0 Å².